The molecule has 1 unspecified atom stereocenters. The summed E-state index contributed by atoms with van der Waals surface area (Å²) in [7, 11) is 1.79. The molecule has 4 rings (SSSR count). The maximum atomic E-state index is 12.2. The Morgan fingerprint density at radius 2 is 1.80 bits per heavy atom. The van der Waals surface area contributed by atoms with E-state index in [1.165, 1.54) is 0 Å². The van der Waals surface area contributed by atoms with E-state index in [4.69, 9.17) is 16.3 Å². The van der Waals surface area contributed by atoms with E-state index in [9.17, 15) is 9.59 Å². The largest absolute Gasteiger partial charge is 0.387 e. The van der Waals surface area contributed by atoms with Gasteiger partial charge < -0.3 is 9.30 Å². The molecule has 0 bridgehead atoms. The van der Waals surface area contributed by atoms with Gasteiger partial charge in [0.2, 0.25) is 6.04 Å². The zero-order valence-corrected chi connectivity index (χ0v) is 13.9. The number of carbonyl (C=O) groups excluding carboxylic acids is 2. The highest BCUT2D eigenvalue weighted by Crippen LogP contribution is 2.36. The fraction of sp³-hybridized carbons (Fsp3) is 0.111. The first-order valence-corrected chi connectivity index (χ1v) is 7.94. The molecule has 7 heteroatoms. The van der Waals surface area contributed by atoms with Gasteiger partial charge in [0.1, 0.15) is 0 Å². The van der Waals surface area contributed by atoms with Crippen molar-refractivity contribution in [2.75, 3.05) is 0 Å². The van der Waals surface area contributed by atoms with Crippen LogP contribution in [0.3, 0.4) is 0 Å². The van der Waals surface area contributed by atoms with Crippen LogP contribution in [0.2, 0.25) is 5.02 Å². The minimum absolute atomic E-state index is 0.359. The molecule has 2 heterocycles. The molecule has 1 aliphatic heterocycles. The number of azo groups is 1. The summed E-state index contributed by atoms with van der Waals surface area (Å²) >= 11 is 5.85. The molecule has 124 valence electrons. The molecule has 3 aromatic rings. The van der Waals surface area contributed by atoms with Crippen LogP contribution in [-0.4, -0.2) is 16.5 Å². The standard InChI is InChI=1S/C18H12ClN3O3/c1-22-13-5-3-2-4-12(13)14-16(22)15(18(24)25-17(14)23)21-20-11-8-6-10(19)7-9-11/h2-9,15H,1H3. The number of rotatable bonds is 2. The molecular weight excluding hydrogens is 342 g/mol. The fourth-order valence-electron chi connectivity index (χ4n) is 2.99. The fourth-order valence-corrected chi connectivity index (χ4v) is 3.12. The zero-order valence-electron chi connectivity index (χ0n) is 13.1. The van der Waals surface area contributed by atoms with Crippen molar-refractivity contribution in [3.63, 3.8) is 0 Å². The Hall–Kier alpha value is -2.99. The van der Waals surface area contributed by atoms with Gasteiger partial charge in [0.25, 0.3) is 0 Å². The minimum atomic E-state index is -0.999. The highest BCUT2D eigenvalue weighted by Gasteiger charge is 2.39. The molecule has 1 aromatic heterocycles. The lowest BCUT2D eigenvalue weighted by Crippen LogP contribution is -2.27. The van der Waals surface area contributed by atoms with Crippen LogP contribution in [0.1, 0.15) is 22.1 Å². The first-order chi connectivity index (χ1) is 12.1. The Morgan fingerprint density at radius 1 is 1.08 bits per heavy atom. The molecule has 25 heavy (non-hydrogen) atoms. The highest BCUT2D eigenvalue weighted by atomic mass is 35.5. The maximum Gasteiger partial charge on any atom is 0.348 e. The molecule has 2 aromatic carbocycles. The molecule has 0 amide bonds. The molecule has 1 atom stereocenters. The van der Waals surface area contributed by atoms with Gasteiger partial charge in [0, 0.05) is 23.0 Å². The highest BCUT2D eigenvalue weighted by molar-refractivity contribution is 6.30. The van der Waals surface area contributed by atoms with Gasteiger partial charge in [-0.25, -0.2) is 9.59 Å². The van der Waals surface area contributed by atoms with E-state index >= 15 is 0 Å². The quantitative estimate of drug-likeness (QED) is 0.390. The molecule has 0 N–H and O–H groups in total. The predicted molar refractivity (Wildman–Crippen MR) is 92.1 cm³/mol. The number of nitrogens with zero attached hydrogens (tertiary/aromatic N) is 3. The van der Waals surface area contributed by atoms with Gasteiger partial charge in [0.15, 0.2) is 0 Å². The summed E-state index contributed by atoms with van der Waals surface area (Å²) < 4.78 is 6.67. The third-order valence-electron chi connectivity index (χ3n) is 4.15. The van der Waals surface area contributed by atoms with Crippen molar-refractivity contribution in [3.8, 4) is 0 Å². The molecule has 0 saturated carbocycles. The number of ether oxygens (including phenoxy) is 1. The molecule has 0 aliphatic carbocycles. The number of carbonyl (C=O) groups is 2. The van der Waals surface area contributed by atoms with Gasteiger partial charge in [-0.1, -0.05) is 29.8 Å². The Labute approximate surface area is 147 Å². The van der Waals surface area contributed by atoms with Crippen molar-refractivity contribution in [2.45, 2.75) is 6.04 Å². The molecule has 0 fully saturated rings. The van der Waals surface area contributed by atoms with Crippen molar-refractivity contribution >= 4 is 40.1 Å². The number of esters is 2. The van der Waals surface area contributed by atoms with Crippen molar-refractivity contribution in [2.24, 2.45) is 17.3 Å². The summed E-state index contributed by atoms with van der Waals surface area (Å²) in [4.78, 5) is 24.5. The predicted octanol–water partition coefficient (Wildman–Crippen LogP) is 4.35. The third-order valence-corrected chi connectivity index (χ3v) is 4.40. The number of halogens is 1. The Balaban J connectivity index is 1.85. The van der Waals surface area contributed by atoms with Gasteiger partial charge in [-0.3, -0.25) is 0 Å². The second-order valence-electron chi connectivity index (χ2n) is 5.64. The van der Waals surface area contributed by atoms with E-state index in [0.29, 0.717) is 22.0 Å². The summed E-state index contributed by atoms with van der Waals surface area (Å²) in [6.07, 6.45) is 0. The minimum Gasteiger partial charge on any atom is -0.387 e. The summed E-state index contributed by atoms with van der Waals surface area (Å²) in [5.41, 5.74) is 2.22. The van der Waals surface area contributed by atoms with Crippen LogP contribution in [0, 0.1) is 0 Å². The molecule has 0 spiro atoms. The van der Waals surface area contributed by atoms with E-state index in [1.807, 2.05) is 24.3 Å². The first-order valence-electron chi connectivity index (χ1n) is 7.56. The molecular formula is C18H12ClN3O3. The second-order valence-corrected chi connectivity index (χ2v) is 6.08. The van der Waals surface area contributed by atoms with Crippen LogP contribution in [0.5, 0.6) is 0 Å². The second kappa shape index (κ2) is 5.82. The zero-order chi connectivity index (χ0) is 17.6. The van der Waals surface area contributed by atoms with E-state index < -0.39 is 18.0 Å². The van der Waals surface area contributed by atoms with Gasteiger partial charge >= 0.3 is 11.9 Å². The van der Waals surface area contributed by atoms with Crippen LogP contribution >= 0.6 is 11.6 Å². The number of hydrogen-bond donors (Lipinski definition) is 0. The monoisotopic (exact) mass is 353 g/mol. The van der Waals surface area contributed by atoms with Crippen LogP contribution in [0.25, 0.3) is 10.9 Å². The maximum absolute atomic E-state index is 12.2. The summed E-state index contributed by atoms with van der Waals surface area (Å²) in [6.45, 7) is 0. The SMILES string of the molecule is Cn1c2c(c3ccccc31)C(=O)OC(=O)C2N=Nc1ccc(Cl)cc1. The number of fused-ring (bicyclic) bond motifs is 3. The van der Waals surface area contributed by atoms with Gasteiger partial charge in [-0.2, -0.15) is 10.2 Å². The lowest BCUT2D eigenvalue weighted by Gasteiger charge is -2.18. The van der Waals surface area contributed by atoms with Gasteiger partial charge in [0.05, 0.1) is 16.9 Å². The Bertz CT molecular complexity index is 1040. The van der Waals surface area contributed by atoms with Crippen LogP contribution in [0.4, 0.5) is 5.69 Å². The van der Waals surface area contributed by atoms with Crippen molar-refractivity contribution in [1.82, 2.24) is 4.57 Å². The number of aryl methyl sites for hydroxylation is 1. The number of benzene rings is 2. The van der Waals surface area contributed by atoms with Crippen molar-refractivity contribution in [3.05, 3.63) is 64.8 Å². The van der Waals surface area contributed by atoms with E-state index in [0.717, 1.165) is 10.9 Å². The lowest BCUT2D eigenvalue weighted by atomic mass is 10.0. The van der Waals surface area contributed by atoms with Gasteiger partial charge in [-0.05, 0) is 30.3 Å². The van der Waals surface area contributed by atoms with E-state index in [1.54, 1.807) is 35.9 Å². The van der Waals surface area contributed by atoms with E-state index in [2.05, 4.69) is 10.2 Å². The molecule has 1 aliphatic rings. The summed E-state index contributed by atoms with van der Waals surface area (Å²) in [5.74, 6) is -1.39. The topological polar surface area (TPSA) is 73.0 Å². The van der Waals surface area contributed by atoms with Crippen molar-refractivity contribution < 1.29 is 14.3 Å². The number of hydrogen-bond acceptors (Lipinski definition) is 5. The third kappa shape index (κ3) is 2.51. The van der Waals surface area contributed by atoms with Crippen molar-refractivity contribution in [1.29, 1.82) is 0 Å². The normalized spacial score (nSPS) is 17.1. The average molecular weight is 354 g/mol. The number of aromatic nitrogens is 1. The van der Waals surface area contributed by atoms with Crippen LogP contribution < -0.4 is 0 Å². The van der Waals surface area contributed by atoms with E-state index in [-0.39, 0.29) is 0 Å². The first kappa shape index (κ1) is 15.5. The Morgan fingerprint density at radius 3 is 2.56 bits per heavy atom. The summed E-state index contributed by atoms with van der Waals surface area (Å²) in [5, 5.41) is 9.54. The molecule has 0 radical (unpaired) electrons. The smallest absolute Gasteiger partial charge is 0.348 e. The van der Waals surface area contributed by atoms with Crippen LogP contribution in [-0.2, 0) is 16.6 Å². The Kier molecular flexibility index (Phi) is 3.62. The van der Waals surface area contributed by atoms with Gasteiger partial charge in [-0.15, -0.1) is 0 Å². The molecule has 0 saturated heterocycles. The molecule has 6 nitrogen and oxygen atoms in total. The number of cyclic esters (lactones) is 2. The van der Waals surface area contributed by atoms with Crippen LogP contribution in [0.15, 0.2) is 58.8 Å². The lowest BCUT2D eigenvalue weighted by molar-refractivity contribution is -0.140. The summed E-state index contributed by atoms with van der Waals surface area (Å²) in [6, 6.07) is 13.1. The number of para-hydroxylation sites is 1. The average Bonchev–Trinajstić information content (AvgIpc) is 2.90.